The second kappa shape index (κ2) is 3.39. The number of hydrogen-bond donors (Lipinski definition) is 2. The third-order valence-electron chi connectivity index (χ3n) is 2.82. The normalized spacial score (nSPS) is 17.6. The highest BCUT2D eigenvalue weighted by Gasteiger charge is 2.45. The van der Waals surface area contributed by atoms with E-state index in [-0.39, 0.29) is 5.75 Å². The van der Waals surface area contributed by atoms with Crippen molar-refractivity contribution in [2.75, 3.05) is 7.11 Å². The van der Waals surface area contributed by atoms with Crippen molar-refractivity contribution >= 4 is 15.9 Å². The molecule has 2 rings (SSSR count). The van der Waals surface area contributed by atoms with E-state index in [1.807, 2.05) is 0 Å². The zero-order valence-electron chi connectivity index (χ0n) is 8.67. The maximum absolute atomic E-state index is 10.1. The number of aryl methyl sites for hydroxylation is 1. The van der Waals surface area contributed by atoms with E-state index >= 15 is 0 Å². The number of aliphatic hydroxyl groups is 1. The summed E-state index contributed by atoms with van der Waals surface area (Å²) in [5.41, 5.74) is 0.733. The lowest BCUT2D eigenvalue weighted by molar-refractivity contribution is 0.147. The van der Waals surface area contributed by atoms with Crippen molar-refractivity contribution in [1.29, 1.82) is 0 Å². The average Bonchev–Trinajstić information content (AvgIpc) is 2.94. The van der Waals surface area contributed by atoms with Gasteiger partial charge in [-0.25, -0.2) is 0 Å². The van der Waals surface area contributed by atoms with E-state index in [1.54, 1.807) is 13.0 Å². The number of phenolic OH excluding ortho intramolecular Hbond substituents is 1. The number of aromatic hydroxyl groups is 1. The van der Waals surface area contributed by atoms with E-state index in [9.17, 15) is 10.2 Å². The Morgan fingerprint density at radius 3 is 2.53 bits per heavy atom. The molecule has 0 bridgehead atoms. The Kier molecular flexibility index (Phi) is 2.43. The molecule has 2 N–H and O–H groups in total. The Morgan fingerprint density at radius 1 is 1.47 bits per heavy atom. The number of hydrogen-bond acceptors (Lipinski definition) is 3. The molecule has 0 atom stereocenters. The van der Waals surface area contributed by atoms with Gasteiger partial charge in [0.1, 0.15) is 16.0 Å². The smallest absolute Gasteiger partial charge is 0.142 e. The van der Waals surface area contributed by atoms with Gasteiger partial charge in [0, 0.05) is 5.56 Å². The van der Waals surface area contributed by atoms with Gasteiger partial charge in [-0.2, -0.15) is 0 Å². The minimum atomic E-state index is -0.758. The molecule has 0 unspecified atom stereocenters. The summed E-state index contributed by atoms with van der Waals surface area (Å²) in [5, 5.41) is 19.8. The number of halogens is 1. The predicted octanol–water partition coefficient (Wildman–Crippen LogP) is 2.45. The van der Waals surface area contributed by atoms with Crippen LogP contribution in [0.5, 0.6) is 11.5 Å². The highest BCUT2D eigenvalue weighted by Crippen LogP contribution is 2.52. The fourth-order valence-corrected chi connectivity index (χ4v) is 2.37. The Hall–Kier alpha value is -0.740. The SMILES string of the molecule is COc1c(C2(O)CC2)cc(C)c(O)c1Br. The molecular formula is C11H13BrO3. The molecular weight excluding hydrogens is 260 g/mol. The molecule has 0 aliphatic heterocycles. The Bertz CT molecular complexity index is 411. The van der Waals surface area contributed by atoms with Gasteiger partial charge in [0.15, 0.2) is 0 Å². The second-order valence-electron chi connectivity index (χ2n) is 3.97. The van der Waals surface area contributed by atoms with E-state index in [4.69, 9.17) is 4.74 Å². The third-order valence-corrected chi connectivity index (χ3v) is 3.55. The molecule has 0 saturated heterocycles. The number of rotatable bonds is 2. The van der Waals surface area contributed by atoms with Gasteiger partial charge < -0.3 is 14.9 Å². The molecule has 0 heterocycles. The van der Waals surface area contributed by atoms with E-state index in [0.29, 0.717) is 10.2 Å². The maximum atomic E-state index is 10.1. The molecule has 15 heavy (non-hydrogen) atoms. The summed E-state index contributed by atoms with van der Waals surface area (Å²) < 4.78 is 5.73. The van der Waals surface area contributed by atoms with Crippen LogP contribution in [0.15, 0.2) is 10.5 Å². The first-order valence-electron chi connectivity index (χ1n) is 4.78. The summed E-state index contributed by atoms with van der Waals surface area (Å²) in [4.78, 5) is 0. The van der Waals surface area contributed by atoms with E-state index < -0.39 is 5.60 Å². The largest absolute Gasteiger partial charge is 0.506 e. The van der Waals surface area contributed by atoms with Crippen LogP contribution in [0.4, 0.5) is 0 Å². The molecule has 0 amide bonds. The van der Waals surface area contributed by atoms with Crippen LogP contribution in [-0.4, -0.2) is 17.3 Å². The molecule has 1 aliphatic carbocycles. The van der Waals surface area contributed by atoms with Gasteiger partial charge in [-0.05, 0) is 47.3 Å². The molecule has 1 aliphatic rings. The number of methoxy groups -OCH3 is 1. The lowest BCUT2D eigenvalue weighted by Gasteiger charge is -2.17. The van der Waals surface area contributed by atoms with E-state index in [2.05, 4.69) is 15.9 Å². The fourth-order valence-electron chi connectivity index (χ4n) is 1.68. The van der Waals surface area contributed by atoms with E-state index in [1.165, 1.54) is 7.11 Å². The summed E-state index contributed by atoms with van der Waals surface area (Å²) in [6, 6.07) is 1.78. The van der Waals surface area contributed by atoms with Crippen molar-refractivity contribution in [1.82, 2.24) is 0 Å². The van der Waals surface area contributed by atoms with Crippen molar-refractivity contribution in [2.24, 2.45) is 0 Å². The summed E-state index contributed by atoms with van der Waals surface area (Å²) >= 11 is 3.28. The minimum absolute atomic E-state index is 0.167. The molecule has 0 radical (unpaired) electrons. The van der Waals surface area contributed by atoms with Crippen LogP contribution in [0.2, 0.25) is 0 Å². The van der Waals surface area contributed by atoms with Crippen molar-refractivity contribution in [3.63, 3.8) is 0 Å². The Morgan fingerprint density at radius 2 is 2.07 bits per heavy atom. The summed E-state index contributed by atoms with van der Waals surface area (Å²) in [7, 11) is 1.53. The maximum Gasteiger partial charge on any atom is 0.142 e. The summed E-state index contributed by atoms with van der Waals surface area (Å²) in [6.07, 6.45) is 1.50. The van der Waals surface area contributed by atoms with Gasteiger partial charge in [-0.3, -0.25) is 0 Å². The number of phenols is 1. The van der Waals surface area contributed by atoms with Crippen molar-refractivity contribution in [2.45, 2.75) is 25.4 Å². The van der Waals surface area contributed by atoms with Crippen LogP contribution >= 0.6 is 15.9 Å². The second-order valence-corrected chi connectivity index (χ2v) is 4.76. The van der Waals surface area contributed by atoms with Gasteiger partial charge in [0.2, 0.25) is 0 Å². The standard InChI is InChI=1S/C11H13BrO3/c1-6-5-7(11(14)3-4-11)10(15-2)8(12)9(6)13/h5,13-14H,3-4H2,1-2H3. The third kappa shape index (κ3) is 1.62. The average molecular weight is 273 g/mol. The lowest BCUT2D eigenvalue weighted by Crippen LogP contribution is -2.07. The molecule has 3 nitrogen and oxygen atoms in total. The topological polar surface area (TPSA) is 49.7 Å². The predicted molar refractivity (Wildman–Crippen MR) is 60.2 cm³/mol. The van der Waals surface area contributed by atoms with Crippen LogP contribution < -0.4 is 4.74 Å². The van der Waals surface area contributed by atoms with Crippen LogP contribution in [-0.2, 0) is 5.60 Å². The van der Waals surface area contributed by atoms with Gasteiger partial charge in [0.05, 0.1) is 12.7 Å². The highest BCUT2D eigenvalue weighted by atomic mass is 79.9. The summed E-state index contributed by atoms with van der Waals surface area (Å²) in [5.74, 6) is 0.693. The van der Waals surface area contributed by atoms with Crippen LogP contribution in [0.3, 0.4) is 0 Å². The molecule has 1 saturated carbocycles. The zero-order chi connectivity index (χ0) is 11.2. The molecule has 1 aromatic rings. The zero-order valence-corrected chi connectivity index (χ0v) is 10.3. The van der Waals surface area contributed by atoms with E-state index in [0.717, 1.165) is 24.0 Å². The first kappa shape index (κ1) is 10.8. The van der Waals surface area contributed by atoms with Crippen LogP contribution in [0, 0.1) is 6.92 Å². The molecule has 4 heteroatoms. The van der Waals surface area contributed by atoms with Crippen molar-refractivity contribution < 1.29 is 14.9 Å². The number of ether oxygens (including phenoxy) is 1. The monoisotopic (exact) mass is 272 g/mol. The molecule has 0 aromatic heterocycles. The quantitative estimate of drug-likeness (QED) is 0.870. The minimum Gasteiger partial charge on any atom is -0.506 e. The van der Waals surface area contributed by atoms with Crippen molar-refractivity contribution in [3.05, 3.63) is 21.7 Å². The molecule has 1 fully saturated rings. The lowest BCUT2D eigenvalue weighted by atomic mass is 10.0. The first-order chi connectivity index (χ1) is 6.99. The van der Waals surface area contributed by atoms with Crippen LogP contribution in [0.1, 0.15) is 24.0 Å². The van der Waals surface area contributed by atoms with Gasteiger partial charge >= 0.3 is 0 Å². The molecule has 1 aromatic carbocycles. The van der Waals surface area contributed by atoms with Crippen LogP contribution in [0.25, 0.3) is 0 Å². The Labute approximate surface area is 96.8 Å². The van der Waals surface area contributed by atoms with Gasteiger partial charge in [0.25, 0.3) is 0 Å². The Balaban J connectivity index is 2.63. The first-order valence-corrected chi connectivity index (χ1v) is 5.58. The molecule has 0 spiro atoms. The van der Waals surface area contributed by atoms with Gasteiger partial charge in [-0.15, -0.1) is 0 Å². The number of benzene rings is 1. The fraction of sp³-hybridized carbons (Fsp3) is 0.455. The summed E-state index contributed by atoms with van der Waals surface area (Å²) in [6.45, 7) is 1.80. The van der Waals surface area contributed by atoms with Crippen molar-refractivity contribution in [3.8, 4) is 11.5 Å². The molecule has 82 valence electrons. The highest BCUT2D eigenvalue weighted by molar-refractivity contribution is 9.10. The van der Waals surface area contributed by atoms with Gasteiger partial charge in [-0.1, -0.05) is 0 Å².